The molecular formula is C31H36N4O7S. The van der Waals surface area contributed by atoms with Crippen molar-refractivity contribution in [2.45, 2.75) is 62.3 Å². The molecule has 5 rings (SSSR count). The predicted molar refractivity (Wildman–Crippen MR) is 159 cm³/mol. The molecule has 1 fully saturated rings. The van der Waals surface area contributed by atoms with Gasteiger partial charge >= 0.3 is 0 Å². The first-order chi connectivity index (χ1) is 20.6. The van der Waals surface area contributed by atoms with Crippen LogP contribution in [0.5, 0.6) is 5.75 Å². The number of nitrogens with one attached hydrogen (secondary N) is 2. The number of carbonyl (C=O) groups is 3. The fraction of sp³-hybridized carbons (Fsp3) is 0.419. The summed E-state index contributed by atoms with van der Waals surface area (Å²) in [5.74, 6) is -1.11. The Kier molecular flexibility index (Phi) is 9.38. The number of ether oxygens (including phenoxy) is 1. The molecule has 3 heterocycles. The zero-order valence-corrected chi connectivity index (χ0v) is 24.8. The van der Waals surface area contributed by atoms with Crippen LogP contribution in [-0.2, 0) is 27.3 Å². The average Bonchev–Trinajstić information content (AvgIpc) is 3.64. The normalized spacial score (nSPS) is 22.1. The Morgan fingerprint density at radius 2 is 1.88 bits per heavy atom. The average molecular weight is 609 g/mol. The number of thioether (sulfide) groups is 1. The largest absolute Gasteiger partial charge is 0.490 e. The summed E-state index contributed by atoms with van der Waals surface area (Å²) in [4.78, 5) is 46.0. The molecule has 1 saturated heterocycles. The minimum absolute atomic E-state index is 0.0221. The Hall–Kier alpha value is -3.87. The van der Waals surface area contributed by atoms with Gasteiger partial charge in [0.05, 0.1) is 24.7 Å². The molecule has 0 aliphatic carbocycles. The van der Waals surface area contributed by atoms with E-state index in [1.165, 1.54) is 29.1 Å². The van der Waals surface area contributed by atoms with Gasteiger partial charge in [0, 0.05) is 16.2 Å². The van der Waals surface area contributed by atoms with Crippen molar-refractivity contribution in [2.24, 2.45) is 5.92 Å². The highest BCUT2D eigenvalue weighted by atomic mass is 32.2. The lowest BCUT2D eigenvalue weighted by atomic mass is 9.90. The Labute approximate surface area is 254 Å². The Balaban J connectivity index is 1.32. The van der Waals surface area contributed by atoms with Crippen LogP contribution in [0.1, 0.15) is 43.3 Å². The smallest absolute Gasteiger partial charge is 0.252 e. The molecule has 12 heteroatoms. The molecule has 0 bridgehead atoms. The highest BCUT2D eigenvalue weighted by Crippen LogP contribution is 2.40. The van der Waals surface area contributed by atoms with Crippen molar-refractivity contribution in [2.75, 3.05) is 12.5 Å². The molecule has 0 unspecified atom stereocenters. The molecule has 2 aliphatic heterocycles. The summed E-state index contributed by atoms with van der Waals surface area (Å²) in [6.07, 6.45) is 0.467. The van der Waals surface area contributed by atoms with E-state index in [0.29, 0.717) is 17.2 Å². The SMILES string of the molecule is CC1(C)SCN(C(=O)[C@@H](O)C[C@H](Cc2ccccc2)C(=O)N[C@H]2c3ccccc3OC[C@H]2O)[C@@H]1C(=O)NCc1ncco1. The second-order valence-electron chi connectivity index (χ2n) is 11.3. The number of rotatable bonds is 10. The zero-order valence-electron chi connectivity index (χ0n) is 24.0. The van der Waals surface area contributed by atoms with Crippen molar-refractivity contribution in [3.63, 3.8) is 0 Å². The van der Waals surface area contributed by atoms with Crippen LogP contribution >= 0.6 is 11.8 Å². The number of benzene rings is 2. The number of aromatic nitrogens is 1. The number of fused-ring (bicyclic) bond motifs is 1. The van der Waals surface area contributed by atoms with Gasteiger partial charge in [0.15, 0.2) is 0 Å². The molecule has 5 atom stereocenters. The number of hydrogen-bond acceptors (Lipinski definition) is 9. The first kappa shape index (κ1) is 30.6. The second kappa shape index (κ2) is 13.2. The molecule has 3 amide bonds. The van der Waals surface area contributed by atoms with Gasteiger partial charge in [-0.05, 0) is 38.3 Å². The predicted octanol–water partition coefficient (Wildman–Crippen LogP) is 2.19. The van der Waals surface area contributed by atoms with Crippen LogP contribution in [0.2, 0.25) is 0 Å². The highest BCUT2D eigenvalue weighted by Gasteiger charge is 2.49. The number of amides is 3. The van der Waals surface area contributed by atoms with Gasteiger partial charge in [-0.15, -0.1) is 11.8 Å². The van der Waals surface area contributed by atoms with Gasteiger partial charge in [-0.1, -0.05) is 48.5 Å². The number of oxazole rings is 1. The molecule has 228 valence electrons. The summed E-state index contributed by atoms with van der Waals surface area (Å²) in [6.45, 7) is 3.83. The maximum Gasteiger partial charge on any atom is 0.252 e. The van der Waals surface area contributed by atoms with Crippen LogP contribution in [-0.4, -0.2) is 73.3 Å². The third-order valence-electron chi connectivity index (χ3n) is 7.81. The monoisotopic (exact) mass is 608 g/mol. The van der Waals surface area contributed by atoms with Gasteiger partial charge in [0.2, 0.25) is 17.7 Å². The lowest BCUT2D eigenvalue weighted by Gasteiger charge is -2.33. The number of hydrogen-bond donors (Lipinski definition) is 4. The third kappa shape index (κ3) is 7.03. The first-order valence-corrected chi connectivity index (χ1v) is 15.2. The van der Waals surface area contributed by atoms with Crippen molar-refractivity contribution >= 4 is 29.5 Å². The number of nitrogens with zero attached hydrogens (tertiary/aromatic N) is 2. The first-order valence-electron chi connectivity index (χ1n) is 14.2. The van der Waals surface area contributed by atoms with Crippen molar-refractivity contribution in [3.8, 4) is 5.75 Å². The fourth-order valence-corrected chi connectivity index (χ4v) is 6.69. The van der Waals surface area contributed by atoms with Gasteiger partial charge in [-0.25, -0.2) is 4.98 Å². The van der Waals surface area contributed by atoms with Gasteiger partial charge < -0.3 is 34.9 Å². The lowest BCUT2D eigenvalue weighted by Crippen LogP contribution is -2.55. The summed E-state index contributed by atoms with van der Waals surface area (Å²) >= 11 is 1.43. The molecule has 2 aromatic carbocycles. The van der Waals surface area contributed by atoms with E-state index in [2.05, 4.69) is 15.6 Å². The molecule has 4 N–H and O–H groups in total. The molecule has 0 saturated carbocycles. The summed E-state index contributed by atoms with van der Waals surface area (Å²) in [6, 6.07) is 14.9. The topological polar surface area (TPSA) is 154 Å². The van der Waals surface area contributed by atoms with E-state index in [4.69, 9.17) is 9.15 Å². The van der Waals surface area contributed by atoms with E-state index >= 15 is 0 Å². The standard InChI is InChI=1S/C31H36N4O7S/c1-31(2)27(29(39)33-16-25-32-12-13-41-25)35(18-43-31)30(40)22(36)15-20(14-19-8-4-3-5-9-19)28(38)34-26-21-10-6-7-11-24(21)42-17-23(26)37/h3-13,20,22-23,26-27,36-37H,14-18H2,1-2H3,(H,33,39)(H,34,38)/t20-,22-,23+,26-,27+/m0/s1. The summed E-state index contributed by atoms with van der Waals surface area (Å²) < 4.78 is 10.2. The van der Waals surface area contributed by atoms with Crippen LogP contribution < -0.4 is 15.4 Å². The molecule has 43 heavy (non-hydrogen) atoms. The minimum Gasteiger partial charge on any atom is -0.490 e. The molecule has 3 aromatic rings. The van der Waals surface area contributed by atoms with Gasteiger partial charge in [0.25, 0.3) is 5.91 Å². The summed E-state index contributed by atoms with van der Waals surface area (Å²) in [7, 11) is 0. The van der Waals surface area contributed by atoms with E-state index in [0.717, 1.165) is 5.56 Å². The molecule has 0 radical (unpaired) electrons. The maximum atomic E-state index is 13.7. The van der Waals surface area contributed by atoms with Crippen molar-refractivity contribution in [1.82, 2.24) is 20.5 Å². The number of carbonyl (C=O) groups excluding carboxylic acids is 3. The zero-order chi connectivity index (χ0) is 30.6. The quantitative estimate of drug-likeness (QED) is 0.271. The van der Waals surface area contributed by atoms with Crippen LogP contribution in [0.25, 0.3) is 0 Å². The van der Waals surface area contributed by atoms with Crippen LogP contribution in [0.4, 0.5) is 0 Å². The maximum absolute atomic E-state index is 13.7. The molecule has 1 aromatic heterocycles. The van der Waals surface area contributed by atoms with Gasteiger partial charge in [0.1, 0.15) is 36.9 Å². The molecular weight excluding hydrogens is 572 g/mol. The van der Waals surface area contributed by atoms with Crippen molar-refractivity contribution in [1.29, 1.82) is 0 Å². The van der Waals surface area contributed by atoms with Gasteiger partial charge in [-0.2, -0.15) is 0 Å². The van der Waals surface area contributed by atoms with E-state index in [1.807, 2.05) is 50.2 Å². The Bertz CT molecular complexity index is 1420. The summed E-state index contributed by atoms with van der Waals surface area (Å²) in [5, 5.41) is 27.6. The van der Waals surface area contributed by atoms with Gasteiger partial charge in [-0.3, -0.25) is 14.4 Å². The van der Waals surface area contributed by atoms with Crippen LogP contribution in [0.15, 0.2) is 71.5 Å². The number of aliphatic hydroxyl groups is 2. The van der Waals surface area contributed by atoms with E-state index in [9.17, 15) is 24.6 Å². The Morgan fingerprint density at radius 1 is 1.14 bits per heavy atom. The number of para-hydroxylation sites is 1. The fourth-order valence-electron chi connectivity index (χ4n) is 5.55. The van der Waals surface area contributed by atoms with Crippen LogP contribution in [0.3, 0.4) is 0 Å². The Morgan fingerprint density at radius 3 is 2.63 bits per heavy atom. The van der Waals surface area contributed by atoms with E-state index in [-0.39, 0.29) is 37.8 Å². The highest BCUT2D eigenvalue weighted by molar-refractivity contribution is 8.00. The van der Waals surface area contributed by atoms with E-state index in [1.54, 1.807) is 18.2 Å². The minimum atomic E-state index is -1.54. The molecule has 0 spiro atoms. The summed E-state index contributed by atoms with van der Waals surface area (Å²) in [5.41, 5.74) is 1.51. The lowest BCUT2D eigenvalue weighted by molar-refractivity contribution is -0.147. The van der Waals surface area contributed by atoms with Crippen LogP contribution in [0, 0.1) is 5.92 Å². The van der Waals surface area contributed by atoms with Crippen molar-refractivity contribution in [3.05, 3.63) is 84.1 Å². The second-order valence-corrected chi connectivity index (χ2v) is 12.9. The third-order valence-corrected chi connectivity index (χ3v) is 9.18. The van der Waals surface area contributed by atoms with Crippen molar-refractivity contribution < 1.29 is 33.8 Å². The molecule has 11 nitrogen and oxygen atoms in total. The molecule has 2 aliphatic rings. The number of aliphatic hydroxyl groups excluding tert-OH is 2. The van der Waals surface area contributed by atoms with E-state index < -0.39 is 46.8 Å².